The molecule has 0 amide bonds. The summed E-state index contributed by atoms with van der Waals surface area (Å²) in [5.41, 5.74) is 3.51. The second kappa shape index (κ2) is 4.62. The van der Waals surface area contributed by atoms with Crippen molar-refractivity contribution in [1.29, 1.82) is 5.26 Å². The van der Waals surface area contributed by atoms with Gasteiger partial charge in [0.2, 0.25) is 0 Å². The van der Waals surface area contributed by atoms with Gasteiger partial charge in [-0.05, 0) is 55.7 Å². The minimum atomic E-state index is -0.385. The summed E-state index contributed by atoms with van der Waals surface area (Å²) < 4.78 is 0. The van der Waals surface area contributed by atoms with Crippen molar-refractivity contribution >= 4 is 0 Å². The topological polar surface area (TPSA) is 76.9 Å². The van der Waals surface area contributed by atoms with Crippen molar-refractivity contribution < 1.29 is 5.11 Å². The molecule has 1 heterocycles. The number of hydrogen-bond acceptors (Lipinski definition) is 3. The Morgan fingerprint density at radius 3 is 2.26 bits per heavy atom. The Morgan fingerprint density at radius 1 is 1.16 bits per heavy atom. The molecule has 0 fully saturated rings. The Kier molecular flexibility index (Phi) is 3.14. The second-order valence-electron chi connectivity index (χ2n) is 4.64. The van der Waals surface area contributed by atoms with Crippen LogP contribution in [0.25, 0.3) is 11.1 Å². The molecular formula is C15H14N2O2. The number of rotatable bonds is 1. The third-order valence-corrected chi connectivity index (χ3v) is 3.07. The van der Waals surface area contributed by atoms with Crippen LogP contribution >= 0.6 is 0 Å². The van der Waals surface area contributed by atoms with E-state index in [1.807, 2.05) is 19.9 Å². The molecule has 4 nitrogen and oxygen atoms in total. The Labute approximate surface area is 111 Å². The molecule has 19 heavy (non-hydrogen) atoms. The number of phenols is 1. The molecule has 0 atom stereocenters. The lowest BCUT2D eigenvalue weighted by molar-refractivity contribution is 0.474. The largest absolute Gasteiger partial charge is 0.508 e. The number of aryl methyl sites for hydroxylation is 3. The smallest absolute Gasteiger partial charge is 0.266 e. The Bertz CT molecular complexity index is 729. The van der Waals surface area contributed by atoms with Crippen LogP contribution in [0.4, 0.5) is 0 Å². The van der Waals surface area contributed by atoms with Gasteiger partial charge in [-0.1, -0.05) is 0 Å². The first kappa shape index (κ1) is 12.9. The molecule has 2 rings (SSSR count). The minimum absolute atomic E-state index is 0.0995. The molecule has 96 valence electrons. The van der Waals surface area contributed by atoms with Crippen molar-refractivity contribution in [2.24, 2.45) is 0 Å². The van der Waals surface area contributed by atoms with Gasteiger partial charge in [0.1, 0.15) is 17.4 Å². The van der Waals surface area contributed by atoms with Gasteiger partial charge in [0.05, 0.1) is 0 Å². The molecule has 1 aromatic heterocycles. The summed E-state index contributed by atoms with van der Waals surface area (Å²) in [5.74, 6) is 0.179. The van der Waals surface area contributed by atoms with Gasteiger partial charge in [0.25, 0.3) is 5.56 Å². The first-order chi connectivity index (χ1) is 8.93. The maximum atomic E-state index is 11.8. The van der Waals surface area contributed by atoms with Gasteiger partial charge in [-0.3, -0.25) is 4.79 Å². The van der Waals surface area contributed by atoms with Gasteiger partial charge in [0.15, 0.2) is 0 Å². The zero-order chi connectivity index (χ0) is 14.2. The summed E-state index contributed by atoms with van der Waals surface area (Å²) in [6.07, 6.45) is 0. The Hall–Kier alpha value is -2.54. The van der Waals surface area contributed by atoms with Crippen LogP contribution in [-0.4, -0.2) is 10.1 Å². The molecule has 2 N–H and O–H groups in total. The highest BCUT2D eigenvalue weighted by molar-refractivity contribution is 5.76. The quantitative estimate of drug-likeness (QED) is 0.821. The van der Waals surface area contributed by atoms with E-state index in [2.05, 4.69) is 4.98 Å². The molecule has 2 aromatic rings. The second-order valence-corrected chi connectivity index (χ2v) is 4.64. The molecule has 0 aliphatic heterocycles. The van der Waals surface area contributed by atoms with Gasteiger partial charge < -0.3 is 10.1 Å². The van der Waals surface area contributed by atoms with E-state index in [-0.39, 0.29) is 16.9 Å². The van der Waals surface area contributed by atoms with Crippen LogP contribution in [0, 0.1) is 32.1 Å². The van der Waals surface area contributed by atoms with E-state index in [4.69, 9.17) is 5.26 Å². The zero-order valence-corrected chi connectivity index (χ0v) is 11.0. The van der Waals surface area contributed by atoms with Crippen LogP contribution in [-0.2, 0) is 0 Å². The van der Waals surface area contributed by atoms with Crippen LogP contribution in [0.5, 0.6) is 5.75 Å². The molecular weight excluding hydrogens is 240 g/mol. The number of H-pyrrole nitrogens is 1. The van der Waals surface area contributed by atoms with Crippen LogP contribution in [0.1, 0.15) is 22.4 Å². The molecule has 4 heteroatoms. The van der Waals surface area contributed by atoms with Gasteiger partial charge in [-0.25, -0.2) is 0 Å². The predicted octanol–water partition coefficient (Wildman–Crippen LogP) is 2.54. The number of nitrogens with one attached hydrogen (secondary N) is 1. The fourth-order valence-electron chi connectivity index (χ4n) is 2.36. The normalized spacial score (nSPS) is 10.2. The lowest BCUT2D eigenvalue weighted by Gasteiger charge is -2.12. The summed E-state index contributed by atoms with van der Waals surface area (Å²) >= 11 is 0. The molecule has 0 aliphatic rings. The number of phenolic OH excluding ortho intramolecular Hbond substituents is 1. The maximum absolute atomic E-state index is 11.8. The molecule has 0 spiro atoms. The first-order valence-corrected chi connectivity index (χ1v) is 5.88. The summed E-state index contributed by atoms with van der Waals surface area (Å²) in [7, 11) is 0. The number of hydrogen-bond donors (Lipinski definition) is 2. The van der Waals surface area contributed by atoms with Crippen molar-refractivity contribution in [3.63, 3.8) is 0 Å². The molecule has 0 saturated heterocycles. The highest BCUT2D eigenvalue weighted by Crippen LogP contribution is 2.31. The number of aromatic nitrogens is 1. The van der Waals surface area contributed by atoms with Crippen molar-refractivity contribution in [1.82, 2.24) is 4.98 Å². The van der Waals surface area contributed by atoms with Gasteiger partial charge >= 0.3 is 0 Å². The summed E-state index contributed by atoms with van der Waals surface area (Å²) in [5, 5.41) is 18.7. The fraction of sp³-hybridized carbons (Fsp3) is 0.200. The molecule has 0 bridgehead atoms. The van der Waals surface area contributed by atoms with E-state index in [9.17, 15) is 9.90 Å². The summed E-state index contributed by atoms with van der Waals surface area (Å²) in [4.78, 5) is 14.5. The van der Waals surface area contributed by atoms with Gasteiger partial charge in [-0.15, -0.1) is 0 Å². The lowest BCUT2D eigenvalue weighted by atomic mass is 9.93. The number of aromatic hydroxyl groups is 1. The predicted molar refractivity (Wildman–Crippen MR) is 73.1 cm³/mol. The van der Waals surface area contributed by atoms with Crippen LogP contribution in [0.3, 0.4) is 0 Å². The van der Waals surface area contributed by atoms with Gasteiger partial charge in [0, 0.05) is 11.3 Å². The number of benzene rings is 1. The van der Waals surface area contributed by atoms with Crippen LogP contribution in [0.2, 0.25) is 0 Å². The minimum Gasteiger partial charge on any atom is -0.508 e. The van der Waals surface area contributed by atoms with E-state index in [1.165, 1.54) is 0 Å². The van der Waals surface area contributed by atoms with Crippen molar-refractivity contribution in [2.75, 3.05) is 0 Å². The number of nitriles is 1. The standard InChI is InChI=1S/C15H14N2O2/c1-8-4-11(18)5-9(2)14(8)12-6-10(3)17-15(19)13(12)7-16/h4-6,18H,1-3H3,(H,17,19). The lowest BCUT2D eigenvalue weighted by Crippen LogP contribution is -2.13. The maximum Gasteiger partial charge on any atom is 0.266 e. The third-order valence-electron chi connectivity index (χ3n) is 3.07. The number of nitrogens with zero attached hydrogens (tertiary/aromatic N) is 1. The van der Waals surface area contributed by atoms with E-state index in [1.54, 1.807) is 25.1 Å². The number of aromatic amines is 1. The zero-order valence-electron chi connectivity index (χ0n) is 11.0. The molecule has 0 saturated carbocycles. The van der Waals surface area contributed by atoms with Crippen LogP contribution in [0.15, 0.2) is 23.0 Å². The Morgan fingerprint density at radius 2 is 1.74 bits per heavy atom. The number of pyridine rings is 1. The molecule has 1 aromatic carbocycles. The van der Waals surface area contributed by atoms with Gasteiger partial charge in [-0.2, -0.15) is 5.26 Å². The average molecular weight is 254 g/mol. The van der Waals surface area contributed by atoms with E-state index in [0.717, 1.165) is 16.7 Å². The monoisotopic (exact) mass is 254 g/mol. The van der Waals surface area contributed by atoms with E-state index in [0.29, 0.717) is 11.3 Å². The van der Waals surface area contributed by atoms with Crippen molar-refractivity contribution in [3.8, 4) is 22.9 Å². The van der Waals surface area contributed by atoms with E-state index >= 15 is 0 Å². The summed E-state index contributed by atoms with van der Waals surface area (Å²) in [6.45, 7) is 5.47. The molecule has 0 aliphatic carbocycles. The highest BCUT2D eigenvalue weighted by Gasteiger charge is 2.14. The van der Waals surface area contributed by atoms with Crippen molar-refractivity contribution in [2.45, 2.75) is 20.8 Å². The van der Waals surface area contributed by atoms with Crippen LogP contribution < -0.4 is 5.56 Å². The third kappa shape index (κ3) is 2.23. The highest BCUT2D eigenvalue weighted by atomic mass is 16.3. The molecule has 0 radical (unpaired) electrons. The average Bonchev–Trinajstić information content (AvgIpc) is 2.26. The fourth-order valence-corrected chi connectivity index (χ4v) is 2.36. The Balaban J connectivity index is 2.88. The van der Waals surface area contributed by atoms with E-state index < -0.39 is 0 Å². The summed E-state index contributed by atoms with van der Waals surface area (Å²) in [6, 6.07) is 6.99. The van der Waals surface area contributed by atoms with Crippen molar-refractivity contribution in [3.05, 3.63) is 50.9 Å². The molecule has 0 unspecified atom stereocenters. The first-order valence-electron chi connectivity index (χ1n) is 5.88. The SMILES string of the molecule is Cc1cc(-c2c(C)cc(O)cc2C)c(C#N)c(=O)[nH]1.